The van der Waals surface area contributed by atoms with Gasteiger partial charge in [0.15, 0.2) is 0 Å². The third-order valence-corrected chi connectivity index (χ3v) is 3.85. The summed E-state index contributed by atoms with van der Waals surface area (Å²) >= 11 is 1.80. The van der Waals surface area contributed by atoms with E-state index in [2.05, 4.69) is 48.5 Å². The van der Waals surface area contributed by atoms with Gasteiger partial charge in [0, 0.05) is 21.9 Å². The lowest BCUT2D eigenvalue weighted by Gasteiger charge is -2.07. The Balaban J connectivity index is 0.000000307. The second-order valence-electron chi connectivity index (χ2n) is 4.57. The van der Waals surface area contributed by atoms with E-state index in [-0.39, 0.29) is 0 Å². The van der Waals surface area contributed by atoms with Gasteiger partial charge < -0.3 is 15.9 Å². The Bertz CT molecular complexity index is 670. The standard InChI is InChI=1S/C14H15NS.C4H4O4/c15-11-10-12-6-4-5-9-14(12)16-13-7-2-1-3-8-13;5-3(6)1-2-4(7)8/h1-9H,10-11,15H2;1-2H,(H,5,6)(H,7,8). The number of carboxylic acid groups (broad SMARTS) is 2. The summed E-state index contributed by atoms with van der Waals surface area (Å²) < 4.78 is 0. The van der Waals surface area contributed by atoms with Gasteiger partial charge in [-0.3, -0.25) is 0 Å². The molecule has 126 valence electrons. The average Bonchev–Trinajstić information content (AvgIpc) is 2.57. The van der Waals surface area contributed by atoms with Crippen LogP contribution in [0.15, 0.2) is 76.5 Å². The minimum absolute atomic E-state index is 0.558. The maximum Gasteiger partial charge on any atom is 0.328 e. The molecule has 0 aliphatic heterocycles. The molecule has 0 bridgehead atoms. The van der Waals surface area contributed by atoms with Crippen molar-refractivity contribution >= 4 is 23.7 Å². The Labute approximate surface area is 144 Å². The van der Waals surface area contributed by atoms with Crippen molar-refractivity contribution in [2.75, 3.05) is 6.54 Å². The van der Waals surface area contributed by atoms with Crippen molar-refractivity contribution in [1.29, 1.82) is 0 Å². The maximum absolute atomic E-state index is 9.55. The van der Waals surface area contributed by atoms with Crippen LogP contribution in [0.25, 0.3) is 0 Å². The van der Waals surface area contributed by atoms with E-state index < -0.39 is 11.9 Å². The van der Waals surface area contributed by atoms with Crippen molar-refractivity contribution in [3.63, 3.8) is 0 Å². The van der Waals surface area contributed by atoms with Crippen LogP contribution in [0.3, 0.4) is 0 Å². The van der Waals surface area contributed by atoms with Crippen LogP contribution < -0.4 is 5.73 Å². The first-order valence-electron chi connectivity index (χ1n) is 7.17. The van der Waals surface area contributed by atoms with E-state index in [1.807, 2.05) is 6.07 Å². The van der Waals surface area contributed by atoms with E-state index >= 15 is 0 Å². The third-order valence-electron chi connectivity index (χ3n) is 2.73. The Morgan fingerprint density at radius 2 is 1.46 bits per heavy atom. The number of carbonyl (C=O) groups is 2. The van der Waals surface area contributed by atoms with Crippen molar-refractivity contribution in [3.8, 4) is 0 Å². The fourth-order valence-electron chi connectivity index (χ4n) is 1.72. The molecule has 0 aromatic heterocycles. The molecule has 4 N–H and O–H groups in total. The van der Waals surface area contributed by atoms with Crippen LogP contribution in [-0.2, 0) is 16.0 Å². The highest BCUT2D eigenvalue weighted by Crippen LogP contribution is 2.30. The molecule has 0 spiro atoms. The molecule has 2 aromatic rings. The Hall–Kier alpha value is -2.57. The molecule has 0 heterocycles. The highest BCUT2D eigenvalue weighted by Gasteiger charge is 2.02. The van der Waals surface area contributed by atoms with E-state index in [9.17, 15) is 9.59 Å². The van der Waals surface area contributed by atoms with Gasteiger partial charge in [-0.15, -0.1) is 0 Å². The van der Waals surface area contributed by atoms with E-state index in [4.69, 9.17) is 15.9 Å². The highest BCUT2D eigenvalue weighted by atomic mass is 32.2. The highest BCUT2D eigenvalue weighted by molar-refractivity contribution is 7.99. The van der Waals surface area contributed by atoms with Crippen LogP contribution >= 0.6 is 11.8 Å². The lowest BCUT2D eigenvalue weighted by atomic mass is 10.1. The van der Waals surface area contributed by atoms with Crippen LogP contribution in [0.5, 0.6) is 0 Å². The number of carboxylic acids is 2. The predicted octanol–water partition coefficient (Wildman–Crippen LogP) is 3.05. The Kier molecular flexibility index (Phi) is 8.96. The van der Waals surface area contributed by atoms with Gasteiger partial charge in [0.25, 0.3) is 0 Å². The van der Waals surface area contributed by atoms with Gasteiger partial charge in [-0.2, -0.15) is 0 Å². The zero-order chi connectivity index (χ0) is 17.8. The van der Waals surface area contributed by atoms with Crippen molar-refractivity contribution in [2.24, 2.45) is 5.73 Å². The molecule has 0 unspecified atom stereocenters. The van der Waals surface area contributed by atoms with Gasteiger partial charge in [0.05, 0.1) is 0 Å². The van der Waals surface area contributed by atoms with Crippen LogP contribution in [0.2, 0.25) is 0 Å². The maximum atomic E-state index is 9.55. The number of hydrogen-bond acceptors (Lipinski definition) is 4. The first kappa shape index (κ1) is 19.5. The van der Waals surface area contributed by atoms with Crippen LogP contribution in [0, 0.1) is 0 Å². The van der Waals surface area contributed by atoms with Crippen LogP contribution in [0.1, 0.15) is 5.56 Å². The summed E-state index contributed by atoms with van der Waals surface area (Å²) in [6.45, 7) is 0.701. The molecule has 2 rings (SSSR count). The second-order valence-corrected chi connectivity index (χ2v) is 5.69. The van der Waals surface area contributed by atoms with E-state index in [1.165, 1.54) is 15.4 Å². The Morgan fingerprint density at radius 1 is 0.917 bits per heavy atom. The van der Waals surface area contributed by atoms with Crippen molar-refractivity contribution < 1.29 is 19.8 Å². The summed E-state index contributed by atoms with van der Waals surface area (Å²) in [5.74, 6) is -2.51. The summed E-state index contributed by atoms with van der Waals surface area (Å²) in [4.78, 5) is 21.7. The zero-order valence-electron chi connectivity index (χ0n) is 13.0. The van der Waals surface area contributed by atoms with Crippen molar-refractivity contribution in [1.82, 2.24) is 0 Å². The molecule has 2 aromatic carbocycles. The van der Waals surface area contributed by atoms with Crippen LogP contribution in [0.4, 0.5) is 0 Å². The summed E-state index contributed by atoms with van der Waals surface area (Å²) in [7, 11) is 0. The van der Waals surface area contributed by atoms with Gasteiger partial charge >= 0.3 is 11.9 Å². The number of hydrogen-bond donors (Lipinski definition) is 3. The van der Waals surface area contributed by atoms with E-state index in [0.717, 1.165) is 6.42 Å². The molecular weight excluding hydrogens is 326 g/mol. The molecule has 0 aliphatic rings. The monoisotopic (exact) mass is 345 g/mol. The average molecular weight is 345 g/mol. The summed E-state index contributed by atoms with van der Waals surface area (Å²) in [5.41, 5.74) is 6.95. The quantitative estimate of drug-likeness (QED) is 0.696. The second kappa shape index (κ2) is 11.0. The minimum atomic E-state index is -1.26. The fourth-order valence-corrected chi connectivity index (χ4v) is 2.72. The number of benzene rings is 2. The molecule has 0 atom stereocenters. The molecule has 0 fully saturated rings. The molecular formula is C18H19NO4S. The molecule has 5 nitrogen and oxygen atoms in total. The molecule has 0 saturated carbocycles. The van der Waals surface area contributed by atoms with Crippen molar-refractivity contribution in [2.45, 2.75) is 16.2 Å². The summed E-state index contributed by atoms with van der Waals surface area (Å²) in [6, 6.07) is 18.9. The normalized spacial score (nSPS) is 10.0. The van der Waals surface area contributed by atoms with Gasteiger partial charge in [0.1, 0.15) is 0 Å². The SMILES string of the molecule is NCCc1ccccc1Sc1ccccc1.O=C(O)C=CC(=O)O. The number of rotatable bonds is 6. The van der Waals surface area contributed by atoms with Gasteiger partial charge in [0.2, 0.25) is 0 Å². The third kappa shape index (κ3) is 8.17. The molecule has 0 saturated heterocycles. The largest absolute Gasteiger partial charge is 0.478 e. The predicted molar refractivity (Wildman–Crippen MR) is 94.2 cm³/mol. The minimum Gasteiger partial charge on any atom is -0.478 e. The van der Waals surface area contributed by atoms with Gasteiger partial charge in [-0.25, -0.2) is 9.59 Å². The van der Waals surface area contributed by atoms with Gasteiger partial charge in [-0.05, 0) is 36.7 Å². The summed E-state index contributed by atoms with van der Waals surface area (Å²) in [6.07, 6.45) is 2.06. The van der Waals surface area contributed by atoms with E-state index in [1.54, 1.807) is 11.8 Å². The topological polar surface area (TPSA) is 101 Å². The first-order chi connectivity index (χ1) is 11.5. The van der Waals surface area contributed by atoms with Crippen molar-refractivity contribution in [3.05, 3.63) is 72.3 Å². The zero-order valence-corrected chi connectivity index (χ0v) is 13.8. The fraction of sp³-hybridized carbons (Fsp3) is 0.111. The van der Waals surface area contributed by atoms with Gasteiger partial charge in [-0.1, -0.05) is 48.2 Å². The number of nitrogens with two attached hydrogens (primary N) is 1. The Morgan fingerprint density at radius 3 is 2.00 bits per heavy atom. The lowest BCUT2D eigenvalue weighted by molar-refractivity contribution is -0.134. The molecule has 0 amide bonds. The first-order valence-corrected chi connectivity index (χ1v) is 7.99. The molecule has 0 radical (unpaired) electrons. The van der Waals surface area contributed by atoms with Crippen LogP contribution in [-0.4, -0.2) is 28.7 Å². The molecule has 24 heavy (non-hydrogen) atoms. The molecule has 0 aliphatic carbocycles. The smallest absolute Gasteiger partial charge is 0.328 e. The number of aliphatic carboxylic acids is 2. The lowest BCUT2D eigenvalue weighted by Crippen LogP contribution is -2.03. The molecule has 6 heteroatoms. The summed E-state index contributed by atoms with van der Waals surface area (Å²) in [5, 5.41) is 15.6. The van der Waals surface area contributed by atoms with E-state index in [0.29, 0.717) is 18.7 Å².